The lowest BCUT2D eigenvalue weighted by Gasteiger charge is -2.28. The molecule has 0 amide bonds. The summed E-state index contributed by atoms with van der Waals surface area (Å²) >= 11 is 0. The molecule has 0 atom stereocenters. The molecule has 0 radical (unpaired) electrons. The van der Waals surface area contributed by atoms with Crippen molar-refractivity contribution in [2.24, 2.45) is 5.92 Å². The highest BCUT2D eigenvalue weighted by molar-refractivity contribution is 7.89. The lowest BCUT2D eigenvalue weighted by atomic mass is 9.86. The van der Waals surface area contributed by atoms with Crippen molar-refractivity contribution in [1.82, 2.24) is 19.8 Å². The second-order valence-corrected chi connectivity index (χ2v) is 8.49. The fourth-order valence-electron chi connectivity index (χ4n) is 2.93. The minimum Gasteiger partial charge on any atom is -0.335 e. The smallest absolute Gasteiger partial charge is 0.322 e. The van der Waals surface area contributed by atoms with E-state index in [1.807, 2.05) is 0 Å². The van der Waals surface area contributed by atoms with E-state index in [1.165, 1.54) is 12.1 Å². The van der Waals surface area contributed by atoms with Gasteiger partial charge in [-0.15, -0.1) is 0 Å². The van der Waals surface area contributed by atoms with Crippen molar-refractivity contribution in [3.05, 3.63) is 24.1 Å². The summed E-state index contributed by atoms with van der Waals surface area (Å²) in [6, 6.07) is 3.29. The van der Waals surface area contributed by atoms with Gasteiger partial charge in [0.05, 0.1) is 11.9 Å². The molecular weight excluding hydrogens is 361 g/mol. The van der Waals surface area contributed by atoms with Crippen LogP contribution in [0, 0.1) is 11.7 Å². The van der Waals surface area contributed by atoms with Gasteiger partial charge in [0.1, 0.15) is 11.5 Å². The van der Waals surface area contributed by atoms with Gasteiger partial charge in [0.25, 0.3) is 0 Å². The van der Waals surface area contributed by atoms with E-state index in [1.54, 1.807) is 6.92 Å². The van der Waals surface area contributed by atoms with Crippen molar-refractivity contribution < 1.29 is 17.3 Å². The molecule has 2 heterocycles. The second-order valence-electron chi connectivity index (χ2n) is 6.40. The molecule has 0 unspecified atom stereocenters. The molecule has 0 bridgehead atoms. The number of sulfonamides is 1. The fraction of sp³-hybridized carbons (Fsp3) is 0.562. The third kappa shape index (κ3) is 4.98. The maximum absolute atomic E-state index is 12.9. The van der Waals surface area contributed by atoms with Gasteiger partial charge in [-0.2, -0.15) is 4.98 Å². The van der Waals surface area contributed by atoms with Gasteiger partial charge in [0, 0.05) is 12.6 Å². The molecule has 2 aromatic heterocycles. The molecule has 142 valence electrons. The van der Waals surface area contributed by atoms with Crippen LogP contribution in [0.25, 0.3) is 11.5 Å². The van der Waals surface area contributed by atoms with Crippen LogP contribution >= 0.6 is 0 Å². The number of halogens is 1. The van der Waals surface area contributed by atoms with Gasteiger partial charge in [-0.3, -0.25) is 0 Å². The van der Waals surface area contributed by atoms with Gasteiger partial charge in [0.15, 0.2) is 0 Å². The number of rotatable bonds is 7. The highest BCUT2D eigenvalue weighted by atomic mass is 32.2. The first kappa shape index (κ1) is 18.7. The molecule has 0 saturated heterocycles. The first-order chi connectivity index (χ1) is 12.4. The Bertz CT molecular complexity index is 817. The van der Waals surface area contributed by atoms with Gasteiger partial charge in [-0.05, 0) is 50.7 Å². The SMILES string of the molecule is CCS(=O)(=O)NCC1CCC(Nc2nc(-c3ccc(F)cn3)no2)CC1. The molecule has 26 heavy (non-hydrogen) atoms. The van der Waals surface area contributed by atoms with Crippen molar-refractivity contribution in [1.29, 1.82) is 0 Å². The average molecular weight is 383 g/mol. The third-order valence-electron chi connectivity index (χ3n) is 4.53. The van der Waals surface area contributed by atoms with Crippen LogP contribution in [-0.2, 0) is 10.0 Å². The first-order valence-electron chi connectivity index (χ1n) is 8.64. The highest BCUT2D eigenvalue weighted by Crippen LogP contribution is 2.26. The number of anilines is 1. The zero-order chi connectivity index (χ0) is 18.6. The Hall–Kier alpha value is -2.07. The Morgan fingerprint density at radius 1 is 1.27 bits per heavy atom. The first-order valence-corrected chi connectivity index (χ1v) is 10.3. The maximum atomic E-state index is 12.9. The van der Waals surface area contributed by atoms with E-state index in [9.17, 15) is 12.8 Å². The van der Waals surface area contributed by atoms with Crippen LogP contribution in [0.1, 0.15) is 32.6 Å². The van der Waals surface area contributed by atoms with Crippen LogP contribution in [0.4, 0.5) is 10.4 Å². The Balaban J connectivity index is 1.48. The molecule has 1 fully saturated rings. The fourth-order valence-corrected chi connectivity index (χ4v) is 3.62. The molecule has 2 aromatic rings. The molecule has 1 aliphatic carbocycles. The van der Waals surface area contributed by atoms with Crippen LogP contribution in [0.2, 0.25) is 0 Å². The van der Waals surface area contributed by atoms with E-state index in [4.69, 9.17) is 4.52 Å². The van der Waals surface area contributed by atoms with Gasteiger partial charge >= 0.3 is 6.01 Å². The normalized spacial score (nSPS) is 20.8. The van der Waals surface area contributed by atoms with Crippen LogP contribution in [0.3, 0.4) is 0 Å². The van der Waals surface area contributed by atoms with Crippen LogP contribution < -0.4 is 10.0 Å². The topological polar surface area (TPSA) is 110 Å². The molecular formula is C16H22FN5O3S. The summed E-state index contributed by atoms with van der Waals surface area (Å²) in [6.07, 6.45) is 4.73. The van der Waals surface area contributed by atoms with Crippen molar-refractivity contribution in [3.8, 4) is 11.5 Å². The molecule has 10 heteroatoms. The number of nitrogens with one attached hydrogen (secondary N) is 2. The molecule has 0 aromatic carbocycles. The minimum atomic E-state index is -3.14. The van der Waals surface area contributed by atoms with Gasteiger partial charge in [-0.25, -0.2) is 22.5 Å². The summed E-state index contributed by atoms with van der Waals surface area (Å²) in [6.45, 7) is 2.12. The average Bonchev–Trinajstić information content (AvgIpc) is 3.10. The zero-order valence-electron chi connectivity index (χ0n) is 14.5. The predicted octanol–water partition coefficient (Wildman–Crippen LogP) is 2.18. The number of hydrogen-bond donors (Lipinski definition) is 2. The van der Waals surface area contributed by atoms with E-state index in [2.05, 4.69) is 25.2 Å². The van der Waals surface area contributed by atoms with Crippen molar-refractivity contribution >= 4 is 16.0 Å². The lowest BCUT2D eigenvalue weighted by molar-refractivity contribution is 0.330. The summed E-state index contributed by atoms with van der Waals surface area (Å²) in [5.74, 6) is 0.325. The molecule has 0 aliphatic heterocycles. The monoisotopic (exact) mass is 383 g/mol. The molecule has 1 saturated carbocycles. The summed E-state index contributed by atoms with van der Waals surface area (Å²) < 4.78 is 43.8. The predicted molar refractivity (Wildman–Crippen MR) is 94.3 cm³/mol. The van der Waals surface area contributed by atoms with E-state index in [-0.39, 0.29) is 11.8 Å². The van der Waals surface area contributed by atoms with Gasteiger partial charge in [-0.1, -0.05) is 5.16 Å². The Morgan fingerprint density at radius 3 is 2.69 bits per heavy atom. The quantitative estimate of drug-likeness (QED) is 0.754. The number of aromatic nitrogens is 3. The van der Waals surface area contributed by atoms with Crippen LogP contribution in [0.15, 0.2) is 22.9 Å². The van der Waals surface area contributed by atoms with Crippen molar-refractivity contribution in [2.45, 2.75) is 38.6 Å². The second kappa shape index (κ2) is 8.09. The number of pyridine rings is 1. The van der Waals surface area contributed by atoms with Crippen LogP contribution in [0.5, 0.6) is 0 Å². The van der Waals surface area contributed by atoms with E-state index < -0.39 is 15.8 Å². The van der Waals surface area contributed by atoms with Crippen molar-refractivity contribution in [2.75, 3.05) is 17.6 Å². The standard InChI is InChI=1S/C16H22FN5O3S/c1-2-26(23,24)19-9-11-3-6-13(7-4-11)20-16-21-15(22-25-16)14-8-5-12(17)10-18-14/h5,8,10-11,13,19H,2-4,6-7,9H2,1H3,(H,20,21,22). The maximum Gasteiger partial charge on any atom is 0.322 e. The summed E-state index contributed by atoms with van der Waals surface area (Å²) in [5, 5.41) is 7.06. The highest BCUT2D eigenvalue weighted by Gasteiger charge is 2.23. The largest absolute Gasteiger partial charge is 0.335 e. The molecule has 1 aliphatic rings. The summed E-state index contributed by atoms with van der Waals surface area (Å²) in [5.41, 5.74) is 0.440. The summed E-state index contributed by atoms with van der Waals surface area (Å²) in [7, 11) is -3.14. The van der Waals surface area contributed by atoms with E-state index in [0.29, 0.717) is 30.0 Å². The van der Waals surface area contributed by atoms with Gasteiger partial charge < -0.3 is 9.84 Å². The minimum absolute atomic E-state index is 0.103. The molecule has 8 nitrogen and oxygen atoms in total. The van der Waals surface area contributed by atoms with E-state index in [0.717, 1.165) is 31.9 Å². The summed E-state index contributed by atoms with van der Waals surface area (Å²) in [4.78, 5) is 8.16. The molecule has 0 spiro atoms. The number of hydrogen-bond acceptors (Lipinski definition) is 7. The Morgan fingerprint density at radius 2 is 2.04 bits per heavy atom. The lowest BCUT2D eigenvalue weighted by Crippen LogP contribution is -2.34. The van der Waals surface area contributed by atoms with Crippen LogP contribution in [-0.4, -0.2) is 41.9 Å². The van der Waals surface area contributed by atoms with E-state index >= 15 is 0 Å². The van der Waals surface area contributed by atoms with Gasteiger partial charge in [0.2, 0.25) is 15.8 Å². The molecule has 3 rings (SSSR count). The van der Waals surface area contributed by atoms with Crippen molar-refractivity contribution in [3.63, 3.8) is 0 Å². The third-order valence-corrected chi connectivity index (χ3v) is 5.90. The number of nitrogens with zero attached hydrogens (tertiary/aromatic N) is 3. The zero-order valence-corrected chi connectivity index (χ0v) is 15.3. The Kier molecular flexibility index (Phi) is 5.82. The Labute approximate surface area is 151 Å². The molecule has 2 N–H and O–H groups in total.